The van der Waals surface area contributed by atoms with Crippen LogP contribution in [0.1, 0.15) is 36.4 Å². The molecule has 118 valence electrons. The van der Waals surface area contributed by atoms with Gasteiger partial charge in [-0.1, -0.05) is 0 Å². The molecule has 3 aromatic rings. The van der Waals surface area contributed by atoms with Crippen molar-refractivity contribution in [1.29, 1.82) is 5.26 Å². The highest BCUT2D eigenvalue weighted by Crippen LogP contribution is 2.38. The average Bonchev–Trinajstić information content (AvgIpc) is 3.40. The molecule has 1 aliphatic heterocycles. The summed E-state index contributed by atoms with van der Waals surface area (Å²) in [6.45, 7) is 0.891. The first-order valence-electron chi connectivity index (χ1n) is 8.33. The maximum atomic E-state index is 8.95. The summed E-state index contributed by atoms with van der Waals surface area (Å²) in [5.74, 6) is 1.83. The molecule has 2 aliphatic rings. The van der Waals surface area contributed by atoms with E-state index >= 15 is 0 Å². The number of nitrogens with zero attached hydrogens (tertiary/aromatic N) is 6. The minimum absolute atomic E-state index is 0.561. The van der Waals surface area contributed by atoms with Crippen molar-refractivity contribution in [2.45, 2.75) is 31.7 Å². The first kappa shape index (κ1) is 13.5. The molecule has 1 fully saturated rings. The summed E-state index contributed by atoms with van der Waals surface area (Å²) in [6.07, 6.45) is 8.05. The van der Waals surface area contributed by atoms with Crippen LogP contribution >= 0.6 is 0 Å². The summed E-state index contributed by atoms with van der Waals surface area (Å²) in [7, 11) is 0. The van der Waals surface area contributed by atoms with Crippen LogP contribution in [0.5, 0.6) is 0 Å². The van der Waals surface area contributed by atoms with Gasteiger partial charge in [0.2, 0.25) is 0 Å². The van der Waals surface area contributed by atoms with E-state index in [2.05, 4.69) is 31.6 Å². The second-order valence-corrected chi connectivity index (χ2v) is 6.47. The highest BCUT2D eigenvalue weighted by Gasteiger charge is 2.28. The molecule has 3 aromatic heterocycles. The van der Waals surface area contributed by atoms with Gasteiger partial charge in [-0.05, 0) is 49.4 Å². The second-order valence-electron chi connectivity index (χ2n) is 6.47. The zero-order valence-corrected chi connectivity index (χ0v) is 13.2. The van der Waals surface area contributed by atoms with Gasteiger partial charge in [0, 0.05) is 18.8 Å². The fraction of sp³-hybridized carbons (Fsp3) is 0.333. The number of hydrogen-bond acceptors (Lipinski definition) is 5. The Morgan fingerprint density at radius 1 is 1.21 bits per heavy atom. The standard InChI is InChI=1S/C18H16N6/c19-9-12-3-6-16(20-10-12)23-7-1-2-13-8-15-18(22-17(13)23)24(11-21-15)14-4-5-14/h3,6,8,10-11,14H,1-2,4-5,7H2. The lowest BCUT2D eigenvalue weighted by Crippen LogP contribution is -2.26. The molecule has 5 rings (SSSR count). The van der Waals surface area contributed by atoms with Crippen LogP contribution in [0.2, 0.25) is 0 Å². The molecule has 1 aliphatic carbocycles. The Kier molecular flexibility index (Phi) is 2.83. The van der Waals surface area contributed by atoms with E-state index in [0.29, 0.717) is 11.6 Å². The summed E-state index contributed by atoms with van der Waals surface area (Å²) in [5, 5.41) is 8.95. The molecule has 0 amide bonds. The molecule has 1 saturated carbocycles. The molecule has 4 heterocycles. The molecule has 0 aromatic carbocycles. The zero-order chi connectivity index (χ0) is 16.1. The summed E-state index contributed by atoms with van der Waals surface area (Å²) < 4.78 is 2.20. The second kappa shape index (κ2) is 5.03. The third-order valence-electron chi connectivity index (χ3n) is 4.78. The Morgan fingerprint density at radius 3 is 2.88 bits per heavy atom. The number of aromatic nitrogens is 4. The maximum absolute atomic E-state index is 8.95. The van der Waals surface area contributed by atoms with E-state index in [-0.39, 0.29) is 0 Å². The highest BCUT2D eigenvalue weighted by molar-refractivity contribution is 5.78. The maximum Gasteiger partial charge on any atom is 0.162 e. The molecule has 0 bridgehead atoms. The number of imidazole rings is 1. The predicted molar refractivity (Wildman–Crippen MR) is 90.1 cm³/mol. The SMILES string of the molecule is N#Cc1ccc(N2CCCc3cc4ncn(C5CC5)c4nc32)nc1. The smallest absolute Gasteiger partial charge is 0.162 e. The van der Waals surface area contributed by atoms with Gasteiger partial charge in [0.15, 0.2) is 5.65 Å². The van der Waals surface area contributed by atoms with Gasteiger partial charge in [0.1, 0.15) is 23.2 Å². The molecule has 0 N–H and O–H groups in total. The number of anilines is 2. The van der Waals surface area contributed by atoms with E-state index in [0.717, 1.165) is 42.2 Å². The third-order valence-corrected chi connectivity index (χ3v) is 4.78. The lowest BCUT2D eigenvalue weighted by Gasteiger charge is -2.29. The minimum Gasteiger partial charge on any atom is -0.312 e. The van der Waals surface area contributed by atoms with E-state index in [1.807, 2.05) is 18.5 Å². The molecule has 6 nitrogen and oxygen atoms in total. The summed E-state index contributed by atoms with van der Waals surface area (Å²) in [5.41, 5.74) is 3.75. The molecule has 0 atom stereocenters. The molecule has 0 spiro atoms. The van der Waals surface area contributed by atoms with Crippen molar-refractivity contribution in [2.75, 3.05) is 11.4 Å². The Bertz CT molecular complexity index is 962. The summed E-state index contributed by atoms with van der Waals surface area (Å²) in [4.78, 5) is 16.1. The molecule has 0 radical (unpaired) electrons. The van der Waals surface area contributed by atoms with Crippen LogP contribution in [0.3, 0.4) is 0 Å². The van der Waals surface area contributed by atoms with Crippen LogP contribution in [0.25, 0.3) is 11.2 Å². The molecular weight excluding hydrogens is 300 g/mol. The van der Waals surface area contributed by atoms with Crippen LogP contribution in [0.15, 0.2) is 30.7 Å². The van der Waals surface area contributed by atoms with Crippen molar-refractivity contribution >= 4 is 22.8 Å². The molecule has 6 heteroatoms. The number of pyridine rings is 2. The van der Waals surface area contributed by atoms with Crippen LogP contribution in [-0.4, -0.2) is 26.1 Å². The van der Waals surface area contributed by atoms with Gasteiger partial charge in [0.05, 0.1) is 11.9 Å². The Balaban J connectivity index is 1.63. The average molecular weight is 316 g/mol. The van der Waals surface area contributed by atoms with Gasteiger partial charge in [0.25, 0.3) is 0 Å². The van der Waals surface area contributed by atoms with Gasteiger partial charge in [-0.2, -0.15) is 5.26 Å². The van der Waals surface area contributed by atoms with Gasteiger partial charge in [-0.15, -0.1) is 0 Å². The quantitative estimate of drug-likeness (QED) is 0.726. The summed E-state index contributed by atoms with van der Waals surface area (Å²) in [6, 6.07) is 8.56. The van der Waals surface area contributed by atoms with Gasteiger partial charge in [-0.25, -0.2) is 15.0 Å². The van der Waals surface area contributed by atoms with Crippen molar-refractivity contribution < 1.29 is 0 Å². The third kappa shape index (κ3) is 2.05. The molecular formula is C18H16N6. The first-order valence-corrected chi connectivity index (χ1v) is 8.33. The van der Waals surface area contributed by atoms with Gasteiger partial charge >= 0.3 is 0 Å². The van der Waals surface area contributed by atoms with Crippen molar-refractivity contribution in [3.8, 4) is 6.07 Å². The fourth-order valence-corrected chi connectivity index (χ4v) is 3.39. The lowest BCUT2D eigenvalue weighted by molar-refractivity contribution is 0.735. The zero-order valence-electron chi connectivity index (χ0n) is 13.2. The van der Waals surface area contributed by atoms with Crippen molar-refractivity contribution in [1.82, 2.24) is 19.5 Å². The van der Waals surface area contributed by atoms with E-state index in [9.17, 15) is 0 Å². The summed E-state index contributed by atoms with van der Waals surface area (Å²) >= 11 is 0. The Morgan fingerprint density at radius 2 is 2.12 bits per heavy atom. The Labute approximate surface area is 139 Å². The lowest BCUT2D eigenvalue weighted by atomic mass is 10.1. The van der Waals surface area contributed by atoms with Crippen LogP contribution in [0, 0.1) is 11.3 Å². The number of hydrogen-bond donors (Lipinski definition) is 0. The fourth-order valence-electron chi connectivity index (χ4n) is 3.39. The normalized spacial score (nSPS) is 16.9. The topological polar surface area (TPSA) is 70.6 Å². The van der Waals surface area contributed by atoms with Crippen LogP contribution in [0.4, 0.5) is 11.6 Å². The van der Waals surface area contributed by atoms with Crippen molar-refractivity contribution in [2.24, 2.45) is 0 Å². The van der Waals surface area contributed by atoms with Gasteiger partial charge in [-0.3, -0.25) is 0 Å². The number of aryl methyl sites for hydroxylation is 1. The van der Waals surface area contributed by atoms with Crippen LogP contribution < -0.4 is 4.90 Å². The first-order chi connectivity index (χ1) is 11.8. The van der Waals surface area contributed by atoms with E-state index in [4.69, 9.17) is 10.2 Å². The van der Waals surface area contributed by atoms with E-state index in [1.165, 1.54) is 18.4 Å². The molecule has 0 unspecified atom stereocenters. The van der Waals surface area contributed by atoms with Gasteiger partial charge < -0.3 is 9.47 Å². The monoisotopic (exact) mass is 316 g/mol. The largest absolute Gasteiger partial charge is 0.312 e. The number of fused-ring (bicyclic) bond motifs is 2. The predicted octanol–water partition coefficient (Wildman–Crippen LogP) is 3.12. The number of nitriles is 1. The van der Waals surface area contributed by atoms with Crippen molar-refractivity contribution in [3.63, 3.8) is 0 Å². The van der Waals surface area contributed by atoms with Crippen LogP contribution in [-0.2, 0) is 6.42 Å². The molecule has 24 heavy (non-hydrogen) atoms. The van der Waals surface area contributed by atoms with E-state index in [1.54, 1.807) is 6.20 Å². The molecule has 0 saturated heterocycles. The van der Waals surface area contributed by atoms with E-state index < -0.39 is 0 Å². The Hall–Kier alpha value is -2.94. The van der Waals surface area contributed by atoms with Crippen molar-refractivity contribution in [3.05, 3.63) is 41.9 Å². The highest BCUT2D eigenvalue weighted by atomic mass is 15.3. The number of rotatable bonds is 2. The minimum atomic E-state index is 0.561.